The average molecular weight is 321 g/mol. The predicted octanol–water partition coefficient (Wildman–Crippen LogP) is 2.31. The zero-order chi connectivity index (χ0) is 17.1. The molecule has 0 radical (unpaired) electrons. The Morgan fingerprint density at radius 2 is 2.00 bits per heavy atom. The number of fused-ring (bicyclic) bond motifs is 1. The first kappa shape index (κ1) is 15.5. The number of H-pyrrole nitrogens is 1. The van der Waals surface area contributed by atoms with Gasteiger partial charge in [-0.05, 0) is 36.1 Å². The van der Waals surface area contributed by atoms with Gasteiger partial charge < -0.3 is 10.1 Å². The van der Waals surface area contributed by atoms with E-state index in [1.165, 1.54) is 18.3 Å². The molecule has 0 saturated carbocycles. The summed E-state index contributed by atoms with van der Waals surface area (Å²) in [5.74, 6) is -0.693. The van der Waals surface area contributed by atoms with Crippen molar-refractivity contribution in [2.45, 2.75) is 6.92 Å². The molecule has 0 saturated heterocycles. The van der Waals surface area contributed by atoms with E-state index >= 15 is 0 Å². The third-order valence-corrected chi connectivity index (χ3v) is 3.64. The lowest BCUT2D eigenvalue weighted by Gasteiger charge is -2.03. The molecule has 120 valence electrons. The van der Waals surface area contributed by atoms with E-state index < -0.39 is 5.91 Å². The largest absolute Gasteiger partial charge is 0.507 e. The number of amides is 1. The lowest BCUT2D eigenvalue weighted by Crippen LogP contribution is -2.19. The molecule has 24 heavy (non-hydrogen) atoms. The first-order chi connectivity index (χ1) is 11.6. The summed E-state index contributed by atoms with van der Waals surface area (Å²) in [6, 6.07) is 13.5. The fourth-order valence-corrected chi connectivity index (χ4v) is 2.38. The lowest BCUT2D eigenvalue weighted by atomic mass is 10.1. The summed E-state index contributed by atoms with van der Waals surface area (Å²) >= 11 is 0. The van der Waals surface area contributed by atoms with Crippen LogP contribution in [0.25, 0.3) is 10.9 Å². The van der Waals surface area contributed by atoms with E-state index in [1.807, 2.05) is 25.1 Å². The van der Waals surface area contributed by atoms with Crippen molar-refractivity contribution in [3.63, 3.8) is 0 Å². The molecule has 0 aliphatic carbocycles. The van der Waals surface area contributed by atoms with Gasteiger partial charge in [-0.15, -0.1) is 0 Å². The molecule has 0 bridgehead atoms. The van der Waals surface area contributed by atoms with Crippen LogP contribution in [-0.4, -0.2) is 22.2 Å². The highest BCUT2D eigenvalue weighted by atomic mass is 16.3. The number of benzene rings is 2. The third-order valence-electron chi connectivity index (χ3n) is 3.64. The number of carbonyl (C=O) groups is 1. The molecular weight excluding hydrogens is 306 g/mol. The highest BCUT2D eigenvalue weighted by molar-refractivity contribution is 5.97. The summed E-state index contributed by atoms with van der Waals surface area (Å²) < 4.78 is 0. The second kappa shape index (κ2) is 6.37. The first-order valence-electron chi connectivity index (χ1n) is 7.30. The molecule has 1 heterocycles. The van der Waals surface area contributed by atoms with Crippen molar-refractivity contribution < 1.29 is 9.90 Å². The summed E-state index contributed by atoms with van der Waals surface area (Å²) in [6.07, 6.45) is 1.28. The molecule has 0 atom stereocenters. The maximum absolute atomic E-state index is 12.1. The Labute approximate surface area is 137 Å². The maximum atomic E-state index is 12.1. The van der Waals surface area contributed by atoms with Crippen molar-refractivity contribution in [2.24, 2.45) is 5.10 Å². The molecule has 3 rings (SSSR count). The molecule has 0 aliphatic rings. The van der Waals surface area contributed by atoms with Crippen LogP contribution in [0, 0.1) is 6.92 Å². The van der Waals surface area contributed by atoms with Crippen molar-refractivity contribution >= 4 is 23.0 Å². The minimum absolute atomic E-state index is 0.109. The van der Waals surface area contributed by atoms with Gasteiger partial charge in [-0.2, -0.15) is 5.10 Å². The number of nitrogens with zero attached hydrogens (tertiary/aromatic N) is 1. The molecule has 6 nitrogen and oxygen atoms in total. The zero-order valence-corrected chi connectivity index (χ0v) is 12.9. The topological polar surface area (TPSA) is 94.5 Å². The van der Waals surface area contributed by atoms with Gasteiger partial charge in [0.25, 0.3) is 11.5 Å². The zero-order valence-electron chi connectivity index (χ0n) is 12.9. The van der Waals surface area contributed by atoms with Gasteiger partial charge in [0.05, 0.1) is 22.9 Å². The molecule has 6 heteroatoms. The molecule has 1 amide bonds. The fraction of sp³-hybridized carbons (Fsp3) is 0.0556. The SMILES string of the molecule is Cc1cccc2cc(/C=N/NC(=O)c3ccccc3O)c(=O)[nH]c12. The third kappa shape index (κ3) is 3.03. The van der Waals surface area contributed by atoms with Crippen LogP contribution in [0.1, 0.15) is 21.5 Å². The Morgan fingerprint density at radius 1 is 1.21 bits per heavy atom. The van der Waals surface area contributed by atoms with Crippen LogP contribution in [0.2, 0.25) is 0 Å². The molecule has 0 aliphatic heterocycles. The Kier molecular flexibility index (Phi) is 4.11. The number of phenolic OH excluding ortho intramolecular Hbond substituents is 1. The number of para-hydroxylation sites is 2. The standard InChI is InChI=1S/C18H15N3O3/c1-11-5-4-6-12-9-13(17(23)20-16(11)12)10-19-21-18(24)14-7-2-3-8-15(14)22/h2-10,22H,1H3,(H,20,23)(H,21,24)/b19-10+. The van der Waals surface area contributed by atoms with Gasteiger partial charge in [-0.25, -0.2) is 5.43 Å². The van der Waals surface area contributed by atoms with E-state index in [2.05, 4.69) is 15.5 Å². The van der Waals surface area contributed by atoms with Crippen LogP contribution in [0.3, 0.4) is 0 Å². The highest BCUT2D eigenvalue weighted by Crippen LogP contribution is 2.15. The van der Waals surface area contributed by atoms with E-state index in [4.69, 9.17) is 0 Å². The van der Waals surface area contributed by atoms with Crippen LogP contribution in [-0.2, 0) is 0 Å². The van der Waals surface area contributed by atoms with Gasteiger partial charge in [0.15, 0.2) is 0 Å². The fourth-order valence-electron chi connectivity index (χ4n) is 2.38. The van der Waals surface area contributed by atoms with Crippen molar-refractivity contribution in [3.8, 4) is 5.75 Å². The number of hydrogen-bond acceptors (Lipinski definition) is 4. The van der Waals surface area contributed by atoms with Crippen LogP contribution in [0.4, 0.5) is 0 Å². The predicted molar refractivity (Wildman–Crippen MR) is 92.5 cm³/mol. The number of hydrogen-bond donors (Lipinski definition) is 3. The molecule has 3 N–H and O–H groups in total. The normalized spacial score (nSPS) is 11.0. The Balaban J connectivity index is 1.84. The number of carbonyl (C=O) groups excluding carboxylic acids is 1. The maximum Gasteiger partial charge on any atom is 0.275 e. The number of hydrazone groups is 1. The van der Waals surface area contributed by atoms with Crippen molar-refractivity contribution in [1.82, 2.24) is 10.4 Å². The number of nitrogens with one attached hydrogen (secondary N) is 2. The Morgan fingerprint density at radius 3 is 2.79 bits per heavy atom. The number of aromatic hydroxyl groups is 1. The number of pyridine rings is 1. The minimum Gasteiger partial charge on any atom is -0.507 e. The number of aromatic nitrogens is 1. The quantitative estimate of drug-likeness (QED) is 0.510. The van der Waals surface area contributed by atoms with Gasteiger partial charge in [-0.1, -0.05) is 30.3 Å². The minimum atomic E-state index is -0.558. The van der Waals surface area contributed by atoms with E-state index in [0.29, 0.717) is 5.56 Å². The van der Waals surface area contributed by atoms with E-state index in [0.717, 1.165) is 16.5 Å². The Bertz CT molecular complexity index is 1010. The number of aryl methyl sites for hydroxylation is 1. The second-order valence-corrected chi connectivity index (χ2v) is 5.31. The van der Waals surface area contributed by atoms with Crippen LogP contribution in [0.5, 0.6) is 5.75 Å². The monoisotopic (exact) mass is 321 g/mol. The smallest absolute Gasteiger partial charge is 0.275 e. The van der Waals surface area contributed by atoms with E-state index in [9.17, 15) is 14.7 Å². The molecular formula is C18H15N3O3. The molecule has 0 spiro atoms. The highest BCUT2D eigenvalue weighted by Gasteiger charge is 2.09. The van der Waals surface area contributed by atoms with E-state index in [1.54, 1.807) is 18.2 Å². The van der Waals surface area contributed by atoms with Gasteiger partial charge in [0.2, 0.25) is 0 Å². The van der Waals surface area contributed by atoms with Crippen LogP contribution >= 0.6 is 0 Å². The summed E-state index contributed by atoms with van der Waals surface area (Å²) in [7, 11) is 0. The van der Waals surface area contributed by atoms with Gasteiger partial charge in [-0.3, -0.25) is 9.59 Å². The first-order valence-corrected chi connectivity index (χ1v) is 7.30. The lowest BCUT2D eigenvalue weighted by molar-refractivity contribution is 0.0952. The molecule has 2 aromatic carbocycles. The second-order valence-electron chi connectivity index (χ2n) is 5.31. The summed E-state index contributed by atoms with van der Waals surface area (Å²) in [6.45, 7) is 1.92. The summed E-state index contributed by atoms with van der Waals surface area (Å²) in [5, 5.41) is 14.3. The number of rotatable bonds is 3. The van der Waals surface area contributed by atoms with Crippen molar-refractivity contribution in [3.05, 3.63) is 75.6 Å². The summed E-state index contributed by atoms with van der Waals surface area (Å²) in [5.41, 5.74) is 4.18. The van der Waals surface area contributed by atoms with Crippen molar-refractivity contribution in [2.75, 3.05) is 0 Å². The van der Waals surface area contributed by atoms with Crippen LogP contribution < -0.4 is 11.0 Å². The van der Waals surface area contributed by atoms with Gasteiger partial charge in [0, 0.05) is 0 Å². The van der Waals surface area contributed by atoms with Crippen molar-refractivity contribution in [1.29, 1.82) is 0 Å². The number of aromatic amines is 1. The summed E-state index contributed by atoms with van der Waals surface area (Å²) in [4.78, 5) is 26.8. The molecule has 3 aromatic rings. The Hall–Kier alpha value is -3.41. The molecule has 0 unspecified atom stereocenters. The van der Waals surface area contributed by atoms with Gasteiger partial charge >= 0.3 is 0 Å². The average Bonchev–Trinajstić information content (AvgIpc) is 2.56. The van der Waals surface area contributed by atoms with Gasteiger partial charge in [0.1, 0.15) is 5.75 Å². The molecule has 0 fully saturated rings. The molecule has 1 aromatic heterocycles. The van der Waals surface area contributed by atoms with E-state index in [-0.39, 0.29) is 16.9 Å². The number of phenols is 1. The van der Waals surface area contributed by atoms with Crippen LogP contribution in [0.15, 0.2) is 58.4 Å².